The summed E-state index contributed by atoms with van der Waals surface area (Å²) in [6, 6.07) is 104. The van der Waals surface area contributed by atoms with Crippen molar-refractivity contribution in [3.63, 3.8) is 0 Å². The first-order chi connectivity index (χ1) is 41.1. The summed E-state index contributed by atoms with van der Waals surface area (Å²) in [6.07, 6.45) is 11.2. The second kappa shape index (κ2) is 18.8. The van der Waals surface area contributed by atoms with E-state index >= 15 is 0 Å². The van der Waals surface area contributed by atoms with E-state index < -0.39 is 0 Å². The van der Waals surface area contributed by atoms with Gasteiger partial charge in [-0.3, -0.25) is 0 Å². The molecule has 0 unspecified atom stereocenters. The fraction of sp³-hybridized carbons (Fsp3) is 0.0370. The van der Waals surface area contributed by atoms with Crippen molar-refractivity contribution < 1.29 is 0 Å². The van der Waals surface area contributed by atoms with Crippen LogP contribution in [0.1, 0.15) is 50.9 Å². The van der Waals surface area contributed by atoms with Gasteiger partial charge in [0.2, 0.25) is 0 Å². The van der Waals surface area contributed by atoms with E-state index in [0.29, 0.717) is 0 Å². The highest BCUT2D eigenvalue weighted by Gasteiger charge is 2.48. The Kier molecular flexibility index (Phi) is 10.7. The van der Waals surface area contributed by atoms with Crippen molar-refractivity contribution in [3.05, 3.63) is 324 Å². The number of hydrogen-bond donors (Lipinski definition) is 0. The summed E-state index contributed by atoms with van der Waals surface area (Å²) in [5.74, 6) is 0. The minimum Gasteiger partial charge on any atom is -0.309 e. The van der Waals surface area contributed by atoms with Gasteiger partial charge in [0, 0.05) is 37.7 Å². The van der Waals surface area contributed by atoms with E-state index in [2.05, 4.69) is 312 Å². The van der Waals surface area contributed by atoms with Gasteiger partial charge in [-0.25, -0.2) is 0 Å². The topological polar surface area (TPSA) is 9.86 Å². The Bertz CT molecular complexity index is 4880. The van der Waals surface area contributed by atoms with E-state index in [0.717, 1.165) is 12.8 Å². The molecule has 2 aliphatic carbocycles. The Morgan fingerprint density at radius 2 is 0.675 bits per heavy atom. The van der Waals surface area contributed by atoms with Crippen molar-refractivity contribution in [3.8, 4) is 44.8 Å². The van der Waals surface area contributed by atoms with Crippen LogP contribution in [0.5, 0.6) is 0 Å². The van der Waals surface area contributed by atoms with Gasteiger partial charge in [-0.05, 0) is 162 Å². The van der Waals surface area contributed by atoms with Crippen LogP contribution in [0, 0.1) is 0 Å². The molecule has 2 heteroatoms. The molecule has 15 aromatic rings. The lowest BCUT2D eigenvalue weighted by Gasteiger charge is -2.29. The number of aryl methyl sites for hydroxylation is 1. The second-order valence-corrected chi connectivity index (χ2v) is 22.7. The number of fused-ring (bicyclic) bond motifs is 15. The molecular weight excluding hydrogens is 1000 g/mol. The maximum absolute atomic E-state index is 2.48. The highest BCUT2D eigenvalue weighted by Crippen LogP contribution is 2.59. The second-order valence-electron chi connectivity index (χ2n) is 22.7. The molecule has 0 bridgehead atoms. The van der Waals surface area contributed by atoms with Crippen LogP contribution < -0.4 is 0 Å². The predicted molar refractivity (Wildman–Crippen MR) is 352 cm³/mol. The maximum Gasteiger partial charge on any atom is 0.0541 e. The zero-order valence-electron chi connectivity index (χ0n) is 45.7. The average Bonchev–Trinajstić information content (AvgIpc) is 3.53. The minimum atomic E-state index is -0.206. The zero-order chi connectivity index (χ0) is 54.6. The number of benzene rings is 13. The molecule has 0 radical (unpaired) electrons. The van der Waals surface area contributed by atoms with Gasteiger partial charge < -0.3 is 9.13 Å². The van der Waals surface area contributed by atoms with E-state index in [9.17, 15) is 0 Å². The lowest BCUT2D eigenvalue weighted by molar-refractivity contribution is 0.626. The Morgan fingerprint density at radius 3 is 1.19 bits per heavy atom. The molecule has 0 amide bonds. The first-order valence-electron chi connectivity index (χ1n) is 29.1. The quantitative estimate of drug-likeness (QED) is 0.134. The molecule has 0 N–H and O–H groups in total. The molecule has 388 valence electrons. The van der Waals surface area contributed by atoms with Crippen LogP contribution in [0.15, 0.2) is 279 Å². The van der Waals surface area contributed by atoms with Gasteiger partial charge in [0.05, 0.1) is 33.4 Å². The van der Waals surface area contributed by atoms with Gasteiger partial charge in [-0.2, -0.15) is 0 Å². The average molecular weight is 1060 g/mol. The first-order valence-corrected chi connectivity index (χ1v) is 29.1. The fourth-order valence-corrected chi connectivity index (χ4v) is 14.4. The number of rotatable bonds is 8. The van der Waals surface area contributed by atoms with Crippen LogP contribution in [0.3, 0.4) is 0 Å². The molecular formula is C81H54N2. The lowest BCUT2D eigenvalue weighted by Crippen LogP contribution is -2.23. The zero-order valence-corrected chi connectivity index (χ0v) is 45.7. The molecule has 0 fully saturated rings. The molecule has 17 rings (SSSR count). The number of aromatic nitrogens is 2. The van der Waals surface area contributed by atoms with E-state index in [4.69, 9.17) is 0 Å². The van der Waals surface area contributed by atoms with Crippen molar-refractivity contribution in [1.29, 1.82) is 0 Å². The van der Waals surface area contributed by atoms with Gasteiger partial charge >= 0.3 is 0 Å². The minimum absolute atomic E-state index is 0.206. The van der Waals surface area contributed by atoms with Gasteiger partial charge in [-0.1, -0.05) is 243 Å². The fourth-order valence-electron chi connectivity index (χ4n) is 14.4. The summed E-state index contributed by atoms with van der Waals surface area (Å²) in [5.41, 5.74) is 25.1. The van der Waals surface area contributed by atoms with Gasteiger partial charge in [0.1, 0.15) is 0 Å². The SMILES string of the molecule is C(=C\c1ccc2c(c1)C1(CCc3ccccc31)c1cc(/C=C/c3ccc(-c4ccc5c(c4)c4ccccc4n5-c4cccc5ccccc45)cc3)ccc1-2)/c1ccc(-c2ccc3c(c2)c2ccccc2n3-c2cccc3ccccc23)cc1. The van der Waals surface area contributed by atoms with Crippen LogP contribution >= 0.6 is 0 Å². The van der Waals surface area contributed by atoms with Crippen LogP contribution in [-0.2, 0) is 11.8 Å². The normalized spacial score (nSPS) is 13.4. The molecule has 0 atom stereocenters. The summed E-state index contributed by atoms with van der Waals surface area (Å²) in [7, 11) is 0. The number of para-hydroxylation sites is 2. The maximum atomic E-state index is 2.48. The summed E-state index contributed by atoms with van der Waals surface area (Å²) in [6.45, 7) is 0. The first kappa shape index (κ1) is 47.3. The van der Waals surface area contributed by atoms with Crippen molar-refractivity contribution in [2.24, 2.45) is 0 Å². The van der Waals surface area contributed by atoms with Crippen LogP contribution in [-0.4, -0.2) is 9.13 Å². The molecule has 83 heavy (non-hydrogen) atoms. The van der Waals surface area contributed by atoms with Gasteiger partial charge in [0.25, 0.3) is 0 Å². The third-order valence-electron chi connectivity index (χ3n) is 18.3. The van der Waals surface area contributed by atoms with Gasteiger partial charge in [0.15, 0.2) is 0 Å². The number of nitrogens with zero attached hydrogens (tertiary/aromatic N) is 2. The molecule has 2 heterocycles. The summed E-state index contributed by atoms with van der Waals surface area (Å²) >= 11 is 0. The van der Waals surface area contributed by atoms with Crippen LogP contribution in [0.25, 0.3) is 134 Å². The number of hydrogen-bond acceptors (Lipinski definition) is 0. The lowest BCUT2D eigenvalue weighted by atomic mass is 9.73. The molecule has 1 spiro atoms. The molecule has 0 saturated heterocycles. The van der Waals surface area contributed by atoms with Crippen molar-refractivity contribution in [1.82, 2.24) is 9.13 Å². The molecule has 13 aromatic carbocycles. The van der Waals surface area contributed by atoms with Crippen LogP contribution in [0.2, 0.25) is 0 Å². The Hall–Kier alpha value is -10.5. The van der Waals surface area contributed by atoms with E-state index in [1.807, 2.05) is 0 Å². The predicted octanol–water partition coefficient (Wildman–Crippen LogP) is 21.1. The summed E-state index contributed by atoms with van der Waals surface area (Å²) in [5, 5.41) is 10.0. The monoisotopic (exact) mass is 1050 g/mol. The van der Waals surface area contributed by atoms with Crippen molar-refractivity contribution >= 4 is 89.5 Å². The van der Waals surface area contributed by atoms with Gasteiger partial charge in [-0.15, -0.1) is 0 Å². The Morgan fingerprint density at radius 1 is 0.277 bits per heavy atom. The summed E-state index contributed by atoms with van der Waals surface area (Å²) < 4.78 is 4.86. The Labute approximate surface area is 482 Å². The summed E-state index contributed by atoms with van der Waals surface area (Å²) in [4.78, 5) is 0. The van der Waals surface area contributed by atoms with E-state index in [1.54, 1.807) is 0 Å². The third-order valence-corrected chi connectivity index (χ3v) is 18.3. The largest absolute Gasteiger partial charge is 0.309 e. The molecule has 2 aliphatic rings. The van der Waals surface area contributed by atoms with E-state index in [-0.39, 0.29) is 5.41 Å². The third kappa shape index (κ3) is 7.50. The standard InChI is InChI=1S/C81H54N2/c1-4-18-64-59(13-1)16-11-25-75(64)82-77-23-9-6-20-68(77)70-51-62(41-45-79(70)82)57-37-31-53(32-38-57)27-29-55-35-43-66-67-44-36-56(50-74(67)81(73(66)49-55)48-47-61-15-3-8-22-72(61)81)30-28-54-33-39-58(40-34-54)63-42-46-80-71(52-63)69-21-7-10-24-78(69)83(80)76-26-12-17-60-14-2-5-19-65(60)76/h1-46,49-52H,47-48H2/b29-27+,30-28+. The molecule has 0 aliphatic heterocycles. The van der Waals surface area contributed by atoms with Crippen LogP contribution in [0.4, 0.5) is 0 Å². The highest BCUT2D eigenvalue weighted by atomic mass is 15.0. The molecule has 0 saturated carbocycles. The van der Waals surface area contributed by atoms with Crippen molar-refractivity contribution in [2.75, 3.05) is 0 Å². The highest BCUT2D eigenvalue weighted by molar-refractivity contribution is 6.13. The Balaban J connectivity index is 0.647. The molecule has 2 nitrogen and oxygen atoms in total. The smallest absolute Gasteiger partial charge is 0.0541 e. The van der Waals surface area contributed by atoms with E-state index in [1.165, 1.54) is 154 Å². The molecule has 2 aromatic heterocycles. The van der Waals surface area contributed by atoms with Crippen molar-refractivity contribution in [2.45, 2.75) is 18.3 Å².